The molecule has 80 valence electrons. The van der Waals surface area contributed by atoms with Crippen LogP contribution in [0, 0.1) is 0 Å². The molecule has 15 heavy (non-hydrogen) atoms. The number of ether oxygens (including phenoxy) is 1. The molecule has 1 amide bonds. The average Bonchev–Trinajstić information content (AvgIpc) is 2.27. The maximum atomic E-state index is 11.5. The van der Waals surface area contributed by atoms with Crippen molar-refractivity contribution in [2.24, 2.45) is 11.6 Å². The predicted octanol–water partition coefficient (Wildman–Crippen LogP) is -0.955. The zero-order valence-corrected chi connectivity index (χ0v) is 8.69. The monoisotopic (exact) mass is 227 g/mol. The highest BCUT2D eigenvalue weighted by atomic mass is 32.1. The van der Waals surface area contributed by atoms with Crippen molar-refractivity contribution < 1.29 is 9.53 Å². The summed E-state index contributed by atoms with van der Waals surface area (Å²) in [5, 5.41) is 0.379. The first kappa shape index (κ1) is 11.3. The smallest absolute Gasteiger partial charge is 0.294 e. The van der Waals surface area contributed by atoms with Crippen molar-refractivity contribution in [2.75, 3.05) is 7.11 Å². The minimum atomic E-state index is -0.627. The second-order valence-electron chi connectivity index (χ2n) is 2.46. The predicted molar refractivity (Wildman–Crippen MR) is 55.7 cm³/mol. The maximum absolute atomic E-state index is 11.5. The Labute approximate surface area is 91.0 Å². The van der Waals surface area contributed by atoms with Crippen LogP contribution < -0.4 is 16.3 Å². The van der Waals surface area contributed by atoms with Crippen LogP contribution in [-0.4, -0.2) is 33.1 Å². The van der Waals surface area contributed by atoms with E-state index in [2.05, 4.69) is 22.2 Å². The topological polar surface area (TPSA) is 107 Å². The molecule has 0 radical (unpaired) electrons. The zero-order valence-electron chi connectivity index (χ0n) is 7.88. The second-order valence-corrected chi connectivity index (χ2v) is 2.88. The average molecular weight is 227 g/mol. The summed E-state index contributed by atoms with van der Waals surface area (Å²) in [5.41, 5.74) is 5.20. The molecular formula is C7H9N5O2S. The maximum Gasteiger partial charge on any atom is 0.294 e. The van der Waals surface area contributed by atoms with E-state index in [-0.39, 0.29) is 10.8 Å². The Balaban J connectivity index is 2.87. The third-order valence-corrected chi connectivity index (χ3v) is 1.71. The number of thiocarbonyl (C=S) groups is 1. The summed E-state index contributed by atoms with van der Waals surface area (Å²) in [4.78, 5) is 19.0. The minimum absolute atomic E-state index is 0.0334. The van der Waals surface area contributed by atoms with Gasteiger partial charge in [0.15, 0.2) is 5.11 Å². The van der Waals surface area contributed by atoms with Gasteiger partial charge in [-0.05, 0) is 12.2 Å². The third kappa shape index (κ3) is 2.58. The minimum Gasteiger partial charge on any atom is -0.480 e. The van der Waals surface area contributed by atoms with Gasteiger partial charge in [-0.25, -0.2) is 20.8 Å². The van der Waals surface area contributed by atoms with Gasteiger partial charge in [-0.3, -0.25) is 4.79 Å². The van der Waals surface area contributed by atoms with E-state index in [4.69, 9.17) is 16.3 Å². The van der Waals surface area contributed by atoms with Crippen molar-refractivity contribution in [3.8, 4) is 5.88 Å². The fraction of sp³-hybridized carbons (Fsp3) is 0.143. The Morgan fingerprint density at radius 2 is 2.20 bits per heavy atom. The molecule has 0 saturated carbocycles. The van der Waals surface area contributed by atoms with Crippen LogP contribution in [0.3, 0.4) is 0 Å². The number of aromatic nitrogens is 2. The van der Waals surface area contributed by atoms with Gasteiger partial charge in [0.2, 0.25) is 5.88 Å². The molecule has 0 aliphatic heterocycles. The number of hydrazine groups is 1. The van der Waals surface area contributed by atoms with Gasteiger partial charge in [-0.1, -0.05) is 0 Å². The molecular weight excluding hydrogens is 218 g/mol. The Morgan fingerprint density at radius 1 is 1.53 bits per heavy atom. The van der Waals surface area contributed by atoms with Crippen molar-refractivity contribution in [3.05, 3.63) is 18.1 Å². The van der Waals surface area contributed by atoms with Crippen LogP contribution in [0.15, 0.2) is 12.4 Å². The number of rotatable bonds is 2. The summed E-state index contributed by atoms with van der Waals surface area (Å²) in [5.74, 6) is 4.95. The number of carbonyl (C=O) groups excluding carboxylic acids is 1. The molecule has 0 aromatic carbocycles. The fourth-order valence-electron chi connectivity index (χ4n) is 0.756. The van der Waals surface area contributed by atoms with Gasteiger partial charge >= 0.3 is 0 Å². The quantitative estimate of drug-likeness (QED) is 0.290. The molecule has 0 spiro atoms. The summed E-state index contributed by atoms with van der Waals surface area (Å²) < 4.78 is 4.78. The Bertz CT molecular complexity index is 379. The van der Waals surface area contributed by atoms with E-state index in [1.807, 2.05) is 0 Å². The summed E-state index contributed by atoms with van der Waals surface area (Å²) in [6.07, 6.45) is 2.51. The van der Waals surface area contributed by atoms with E-state index in [0.29, 0.717) is 10.9 Å². The summed E-state index contributed by atoms with van der Waals surface area (Å²) in [7, 11) is 1.44. The first-order valence-electron chi connectivity index (χ1n) is 3.81. The SMILES string of the molecule is COc1cnc(C(=O)N(N)C(N)=S)cn1. The summed E-state index contributed by atoms with van der Waals surface area (Å²) in [6.45, 7) is 0. The number of hydrogen-bond donors (Lipinski definition) is 2. The highest BCUT2D eigenvalue weighted by Crippen LogP contribution is 2.03. The Kier molecular flexibility index (Phi) is 3.47. The second kappa shape index (κ2) is 4.62. The molecule has 1 heterocycles. The first-order chi connectivity index (χ1) is 7.06. The molecule has 0 saturated heterocycles. The van der Waals surface area contributed by atoms with Crippen molar-refractivity contribution in [1.29, 1.82) is 0 Å². The van der Waals surface area contributed by atoms with Gasteiger partial charge in [0.1, 0.15) is 5.69 Å². The van der Waals surface area contributed by atoms with Crippen molar-refractivity contribution in [3.63, 3.8) is 0 Å². The molecule has 0 bridgehead atoms. The lowest BCUT2D eigenvalue weighted by molar-refractivity contribution is 0.0842. The fourth-order valence-corrected chi connectivity index (χ4v) is 0.838. The molecule has 7 nitrogen and oxygen atoms in total. The molecule has 0 aliphatic rings. The lowest BCUT2D eigenvalue weighted by atomic mass is 10.4. The number of nitrogens with two attached hydrogens (primary N) is 2. The van der Waals surface area contributed by atoms with E-state index in [9.17, 15) is 4.79 Å². The van der Waals surface area contributed by atoms with Gasteiger partial charge in [0.25, 0.3) is 5.91 Å². The number of hydrogen-bond acceptors (Lipinski definition) is 6. The van der Waals surface area contributed by atoms with Crippen LogP contribution in [-0.2, 0) is 0 Å². The molecule has 0 unspecified atom stereocenters. The number of carbonyl (C=O) groups is 1. The molecule has 4 N–H and O–H groups in total. The van der Waals surface area contributed by atoms with Gasteiger partial charge in [-0.2, -0.15) is 0 Å². The van der Waals surface area contributed by atoms with Crippen LogP contribution in [0.1, 0.15) is 10.5 Å². The van der Waals surface area contributed by atoms with Crippen molar-refractivity contribution >= 4 is 23.2 Å². The van der Waals surface area contributed by atoms with Crippen LogP contribution in [0.5, 0.6) is 5.88 Å². The molecule has 0 aliphatic carbocycles. The largest absolute Gasteiger partial charge is 0.480 e. The number of methoxy groups -OCH3 is 1. The molecule has 8 heteroatoms. The van der Waals surface area contributed by atoms with E-state index in [0.717, 1.165) is 0 Å². The number of nitrogens with zero attached hydrogens (tertiary/aromatic N) is 3. The standard InChI is InChI=1S/C7H9N5O2S/c1-14-5-3-10-4(2-11-5)6(13)12(9)7(8)15/h2-3H,9H2,1H3,(H2,8,15). The number of amides is 1. The molecule has 1 rings (SSSR count). The van der Waals surface area contributed by atoms with Gasteiger partial charge in [0, 0.05) is 0 Å². The third-order valence-electron chi connectivity index (χ3n) is 1.51. The zero-order chi connectivity index (χ0) is 11.4. The van der Waals surface area contributed by atoms with Gasteiger partial charge < -0.3 is 10.5 Å². The summed E-state index contributed by atoms with van der Waals surface area (Å²) in [6, 6.07) is 0. The van der Waals surface area contributed by atoms with Crippen molar-refractivity contribution in [2.45, 2.75) is 0 Å². The normalized spacial score (nSPS) is 9.47. The molecule has 0 atom stereocenters. The Morgan fingerprint density at radius 3 is 2.60 bits per heavy atom. The van der Waals surface area contributed by atoms with Crippen LogP contribution in [0.25, 0.3) is 0 Å². The van der Waals surface area contributed by atoms with Crippen LogP contribution in [0.4, 0.5) is 0 Å². The van der Waals surface area contributed by atoms with Crippen LogP contribution >= 0.6 is 12.2 Å². The molecule has 1 aromatic rings. The lowest BCUT2D eigenvalue weighted by Gasteiger charge is -2.12. The highest BCUT2D eigenvalue weighted by molar-refractivity contribution is 7.80. The molecule has 0 fully saturated rings. The van der Waals surface area contributed by atoms with Gasteiger partial charge in [0.05, 0.1) is 19.5 Å². The van der Waals surface area contributed by atoms with Gasteiger partial charge in [-0.15, -0.1) is 0 Å². The van der Waals surface area contributed by atoms with E-state index < -0.39 is 5.91 Å². The highest BCUT2D eigenvalue weighted by Gasteiger charge is 2.16. The van der Waals surface area contributed by atoms with E-state index in [1.165, 1.54) is 19.5 Å². The Hall–Kier alpha value is -1.80. The molecule has 1 aromatic heterocycles. The van der Waals surface area contributed by atoms with E-state index >= 15 is 0 Å². The summed E-state index contributed by atoms with van der Waals surface area (Å²) >= 11 is 4.53. The van der Waals surface area contributed by atoms with Crippen molar-refractivity contribution in [1.82, 2.24) is 15.0 Å². The lowest BCUT2D eigenvalue weighted by Crippen LogP contribution is -2.45. The first-order valence-corrected chi connectivity index (χ1v) is 4.21. The van der Waals surface area contributed by atoms with E-state index in [1.54, 1.807) is 0 Å². The van der Waals surface area contributed by atoms with Crippen LogP contribution in [0.2, 0.25) is 0 Å².